The van der Waals surface area contributed by atoms with Crippen molar-refractivity contribution in [3.63, 3.8) is 0 Å². The van der Waals surface area contributed by atoms with Crippen molar-refractivity contribution in [1.82, 2.24) is 0 Å². The van der Waals surface area contributed by atoms with Crippen LogP contribution in [0.4, 0.5) is 0 Å². The van der Waals surface area contributed by atoms with Crippen LogP contribution in [0.2, 0.25) is 0 Å². The molecule has 0 atom stereocenters. The molecule has 5 aromatic rings. The van der Waals surface area contributed by atoms with E-state index in [-0.39, 0.29) is 5.41 Å². The molecule has 0 aromatic heterocycles. The van der Waals surface area contributed by atoms with E-state index in [0.29, 0.717) is 18.2 Å². The molecule has 0 radical (unpaired) electrons. The largest absolute Gasteiger partial charge is 0.383 e. The summed E-state index contributed by atoms with van der Waals surface area (Å²) in [5.41, 5.74) is 17.7. The van der Waals surface area contributed by atoms with Crippen LogP contribution in [0, 0.1) is 11.3 Å². The van der Waals surface area contributed by atoms with Crippen LogP contribution in [-0.4, -0.2) is 11.7 Å². The summed E-state index contributed by atoms with van der Waals surface area (Å²) in [5, 5.41) is 9.84. The maximum absolute atomic E-state index is 9.84. The van der Waals surface area contributed by atoms with Crippen LogP contribution in [-0.2, 0) is 12.0 Å². The summed E-state index contributed by atoms with van der Waals surface area (Å²) >= 11 is 0. The normalized spacial score (nSPS) is 14.2. The van der Waals surface area contributed by atoms with E-state index in [1.807, 2.05) is 85.8 Å². The lowest BCUT2D eigenvalue weighted by Gasteiger charge is -2.22. The third kappa shape index (κ3) is 6.58. The van der Waals surface area contributed by atoms with E-state index >= 15 is 0 Å². The van der Waals surface area contributed by atoms with Crippen molar-refractivity contribution < 1.29 is 0 Å². The van der Waals surface area contributed by atoms with Crippen molar-refractivity contribution in [2.75, 3.05) is 0 Å². The molecule has 0 heterocycles. The van der Waals surface area contributed by atoms with E-state index in [2.05, 4.69) is 92.8 Å². The Morgan fingerprint density at radius 2 is 1.54 bits per heavy atom. The molecular formula is C44H38N4. The molecular weight excluding hydrogens is 585 g/mol. The molecule has 0 saturated heterocycles. The van der Waals surface area contributed by atoms with Gasteiger partial charge in [-0.15, -0.1) is 0 Å². The molecule has 1 aliphatic carbocycles. The summed E-state index contributed by atoms with van der Waals surface area (Å²) < 4.78 is 0. The predicted octanol–water partition coefficient (Wildman–Crippen LogP) is 9.89. The Kier molecular flexibility index (Phi) is 9.41. The van der Waals surface area contributed by atoms with Crippen molar-refractivity contribution in [3.8, 4) is 17.2 Å². The quantitative estimate of drug-likeness (QED) is 0.106. The fourth-order valence-corrected chi connectivity index (χ4v) is 6.31. The molecule has 0 unspecified atom stereocenters. The highest BCUT2D eigenvalue weighted by molar-refractivity contribution is 6.12. The molecule has 5 aromatic carbocycles. The van der Waals surface area contributed by atoms with Crippen LogP contribution >= 0.6 is 0 Å². The lowest BCUT2D eigenvalue weighted by atomic mass is 9.81. The van der Waals surface area contributed by atoms with Crippen LogP contribution in [0.1, 0.15) is 65.3 Å². The molecule has 1 aliphatic rings. The van der Waals surface area contributed by atoms with Crippen LogP contribution in [0.25, 0.3) is 22.8 Å². The van der Waals surface area contributed by atoms with Gasteiger partial charge < -0.3 is 5.73 Å². The van der Waals surface area contributed by atoms with E-state index in [1.165, 1.54) is 11.1 Å². The zero-order chi connectivity index (χ0) is 33.5. The SMILES string of the molecule is C\C=C/C(=C\C=C\c1ccccc1C(/N=C(\N)c1ccccc1)=N/Cc1ccccc1)c1ccc2c(c1)C(C)(C)c1cccc(C#N)c1-2. The van der Waals surface area contributed by atoms with Crippen LogP contribution in [0.5, 0.6) is 0 Å². The molecule has 4 heteroatoms. The topological polar surface area (TPSA) is 74.5 Å². The fourth-order valence-electron chi connectivity index (χ4n) is 6.31. The lowest BCUT2D eigenvalue weighted by molar-refractivity contribution is 0.660. The van der Waals surface area contributed by atoms with E-state index in [1.54, 1.807) is 0 Å². The van der Waals surface area contributed by atoms with Crippen LogP contribution in [0.3, 0.4) is 0 Å². The average molecular weight is 623 g/mol. The van der Waals surface area contributed by atoms with Gasteiger partial charge in [-0.05, 0) is 58.0 Å². The fraction of sp³-hybridized carbons (Fsp3) is 0.114. The highest BCUT2D eigenvalue weighted by Gasteiger charge is 2.36. The van der Waals surface area contributed by atoms with Gasteiger partial charge in [0, 0.05) is 22.1 Å². The zero-order valence-corrected chi connectivity index (χ0v) is 27.6. The average Bonchev–Trinajstić information content (AvgIpc) is 3.36. The van der Waals surface area contributed by atoms with Crippen LogP contribution < -0.4 is 5.73 Å². The van der Waals surface area contributed by atoms with Crippen LogP contribution in [0.15, 0.2) is 156 Å². The number of aliphatic imine (C=N–C) groups is 2. The first-order valence-corrected chi connectivity index (χ1v) is 16.2. The van der Waals surface area contributed by atoms with Gasteiger partial charge in [-0.3, -0.25) is 4.99 Å². The molecule has 6 rings (SSSR count). The number of rotatable bonds is 8. The van der Waals surface area contributed by atoms with Gasteiger partial charge in [0.05, 0.1) is 18.2 Å². The summed E-state index contributed by atoms with van der Waals surface area (Å²) in [5.74, 6) is 0.996. The molecule has 0 amide bonds. The molecule has 2 N–H and O–H groups in total. The highest BCUT2D eigenvalue weighted by atomic mass is 15.0. The smallest absolute Gasteiger partial charge is 0.157 e. The van der Waals surface area contributed by atoms with E-state index in [4.69, 9.17) is 15.7 Å². The van der Waals surface area contributed by atoms with Crippen molar-refractivity contribution >= 4 is 23.3 Å². The first-order chi connectivity index (χ1) is 23.4. The third-order valence-corrected chi connectivity index (χ3v) is 8.80. The molecule has 234 valence electrons. The van der Waals surface area contributed by atoms with E-state index in [0.717, 1.165) is 50.1 Å². The van der Waals surface area contributed by atoms with Gasteiger partial charge >= 0.3 is 0 Å². The van der Waals surface area contributed by atoms with Crippen molar-refractivity contribution in [1.29, 1.82) is 5.26 Å². The molecule has 0 aliphatic heterocycles. The molecule has 0 fully saturated rings. The standard InChI is InChI=1S/C44H38N4/c1-4-15-32(35-26-27-38-40(28-35)44(2,3)39-25-14-23-36(29-45)41(38)39)21-13-22-33-18-11-12-24-37(33)43(47-30-31-16-7-5-8-17-31)48-42(46)34-19-9-6-10-20-34/h4-28H,30H2,1-3H3,(H2,46,47,48)/b15-4-,22-13+,32-21+. The van der Waals surface area contributed by atoms with Crippen molar-refractivity contribution in [2.45, 2.75) is 32.7 Å². The molecule has 4 nitrogen and oxygen atoms in total. The van der Waals surface area contributed by atoms with E-state index < -0.39 is 0 Å². The second-order valence-corrected chi connectivity index (χ2v) is 12.3. The first kappa shape index (κ1) is 31.9. The van der Waals surface area contributed by atoms with Gasteiger partial charge in [0.15, 0.2) is 5.84 Å². The Morgan fingerprint density at radius 1 is 0.812 bits per heavy atom. The number of hydrogen-bond donors (Lipinski definition) is 1. The number of nitrogens with zero attached hydrogens (tertiary/aromatic N) is 3. The summed E-state index contributed by atoms with van der Waals surface area (Å²) in [6, 6.07) is 43.1. The van der Waals surface area contributed by atoms with Gasteiger partial charge in [-0.2, -0.15) is 5.26 Å². The second kappa shape index (κ2) is 14.2. The van der Waals surface area contributed by atoms with Gasteiger partial charge in [0.1, 0.15) is 5.84 Å². The number of allylic oxidation sites excluding steroid dienone is 5. The Morgan fingerprint density at radius 3 is 2.29 bits per heavy atom. The van der Waals surface area contributed by atoms with Crippen molar-refractivity contribution in [3.05, 3.63) is 190 Å². The maximum Gasteiger partial charge on any atom is 0.157 e. The van der Waals surface area contributed by atoms with Gasteiger partial charge in [0.2, 0.25) is 0 Å². The number of hydrogen-bond acceptors (Lipinski definition) is 2. The molecule has 48 heavy (non-hydrogen) atoms. The van der Waals surface area contributed by atoms with Crippen molar-refractivity contribution in [2.24, 2.45) is 15.7 Å². The summed E-state index contributed by atoms with van der Waals surface area (Å²) in [6.45, 7) is 6.99. The minimum Gasteiger partial charge on any atom is -0.383 e. The Labute approximate surface area is 283 Å². The lowest BCUT2D eigenvalue weighted by Crippen LogP contribution is -2.16. The predicted molar refractivity (Wildman–Crippen MR) is 201 cm³/mol. The maximum atomic E-state index is 9.84. The second-order valence-electron chi connectivity index (χ2n) is 12.3. The first-order valence-electron chi connectivity index (χ1n) is 16.2. The zero-order valence-electron chi connectivity index (χ0n) is 27.6. The Bertz CT molecular complexity index is 2140. The summed E-state index contributed by atoms with van der Waals surface area (Å²) in [6.07, 6.45) is 10.5. The number of benzene rings is 5. The number of nitriles is 1. The monoisotopic (exact) mass is 622 g/mol. The minimum absolute atomic E-state index is 0.207. The molecule has 0 bridgehead atoms. The number of fused-ring (bicyclic) bond motifs is 3. The Hall–Kier alpha value is -6.05. The number of amidine groups is 2. The van der Waals surface area contributed by atoms with Gasteiger partial charge in [-0.25, -0.2) is 4.99 Å². The van der Waals surface area contributed by atoms with Gasteiger partial charge in [0.25, 0.3) is 0 Å². The third-order valence-electron chi connectivity index (χ3n) is 8.80. The molecule has 0 spiro atoms. The molecule has 0 saturated carbocycles. The number of nitrogens with two attached hydrogens (primary N) is 1. The minimum atomic E-state index is -0.207. The highest BCUT2D eigenvalue weighted by Crippen LogP contribution is 2.50. The summed E-state index contributed by atoms with van der Waals surface area (Å²) in [4.78, 5) is 9.81. The van der Waals surface area contributed by atoms with Gasteiger partial charge in [-0.1, -0.05) is 153 Å². The van der Waals surface area contributed by atoms with E-state index in [9.17, 15) is 5.26 Å². The summed E-state index contributed by atoms with van der Waals surface area (Å²) in [7, 11) is 0. The Balaban J connectivity index is 1.36.